The normalized spacial score (nSPS) is 10.1. The summed E-state index contributed by atoms with van der Waals surface area (Å²) in [5, 5.41) is 12.9. The maximum absolute atomic E-state index is 12.6. The van der Waals surface area contributed by atoms with Crippen molar-refractivity contribution >= 4 is 11.6 Å². The van der Waals surface area contributed by atoms with Crippen molar-refractivity contribution in [3.05, 3.63) is 36.4 Å². The zero-order valence-electron chi connectivity index (χ0n) is 8.17. The second kappa shape index (κ2) is 4.47. The van der Waals surface area contributed by atoms with Crippen LogP contribution in [-0.4, -0.2) is 26.1 Å². The fourth-order valence-electron chi connectivity index (χ4n) is 1.13. The Labute approximate surface area is 90.1 Å². The number of hydrogen-bond acceptors (Lipinski definition) is 4. The lowest BCUT2D eigenvalue weighted by molar-refractivity contribution is -0.116. The number of carbonyl (C=O) groups is 1. The molecule has 0 spiro atoms. The molecule has 0 aliphatic rings. The largest absolute Gasteiger partial charge is 0.324 e. The SMILES string of the molecule is O=C(Cn1cnnn1)Nc1ccc(F)cc1. The van der Waals surface area contributed by atoms with E-state index >= 15 is 0 Å². The Morgan fingerprint density at radius 1 is 1.38 bits per heavy atom. The molecule has 1 heterocycles. The Hall–Kier alpha value is -2.31. The van der Waals surface area contributed by atoms with Crippen LogP contribution in [0.4, 0.5) is 10.1 Å². The zero-order valence-corrected chi connectivity index (χ0v) is 8.17. The van der Waals surface area contributed by atoms with Crippen LogP contribution >= 0.6 is 0 Å². The Bertz CT molecular complexity index is 467. The van der Waals surface area contributed by atoms with Crippen molar-refractivity contribution in [1.82, 2.24) is 20.2 Å². The number of aromatic nitrogens is 4. The number of anilines is 1. The second-order valence-electron chi connectivity index (χ2n) is 3.06. The van der Waals surface area contributed by atoms with Crippen molar-refractivity contribution in [2.24, 2.45) is 0 Å². The number of nitrogens with zero attached hydrogens (tertiary/aromatic N) is 4. The first-order chi connectivity index (χ1) is 7.74. The molecule has 0 aliphatic carbocycles. The number of tetrazole rings is 1. The molecule has 82 valence electrons. The van der Waals surface area contributed by atoms with Gasteiger partial charge in [0.05, 0.1) is 0 Å². The quantitative estimate of drug-likeness (QED) is 0.816. The van der Waals surface area contributed by atoms with E-state index in [0.717, 1.165) is 0 Å². The minimum atomic E-state index is -0.349. The number of hydrogen-bond donors (Lipinski definition) is 1. The Kier molecular flexibility index (Phi) is 2.86. The molecule has 7 heteroatoms. The minimum absolute atomic E-state index is 0.0182. The molecule has 0 radical (unpaired) electrons. The Morgan fingerprint density at radius 3 is 2.75 bits per heavy atom. The highest BCUT2D eigenvalue weighted by Gasteiger charge is 2.04. The highest BCUT2D eigenvalue weighted by Crippen LogP contribution is 2.07. The predicted octanol–water partition coefficient (Wildman–Crippen LogP) is 0.451. The first kappa shape index (κ1) is 10.2. The van der Waals surface area contributed by atoms with E-state index in [0.29, 0.717) is 5.69 Å². The van der Waals surface area contributed by atoms with Gasteiger partial charge in [-0.3, -0.25) is 4.79 Å². The molecule has 0 aliphatic heterocycles. The van der Waals surface area contributed by atoms with Gasteiger partial charge < -0.3 is 5.32 Å². The average Bonchev–Trinajstić information content (AvgIpc) is 2.74. The summed E-state index contributed by atoms with van der Waals surface area (Å²) in [4.78, 5) is 11.4. The van der Waals surface area contributed by atoms with Crippen LogP contribution in [0.15, 0.2) is 30.6 Å². The summed E-state index contributed by atoms with van der Waals surface area (Å²) in [6.45, 7) is 0.0182. The van der Waals surface area contributed by atoms with E-state index < -0.39 is 0 Å². The molecule has 1 aromatic heterocycles. The van der Waals surface area contributed by atoms with Gasteiger partial charge >= 0.3 is 0 Å². The summed E-state index contributed by atoms with van der Waals surface area (Å²) >= 11 is 0. The Morgan fingerprint density at radius 2 is 2.12 bits per heavy atom. The van der Waals surface area contributed by atoms with Crippen LogP contribution in [0.1, 0.15) is 0 Å². The molecule has 0 saturated heterocycles. The van der Waals surface area contributed by atoms with Crippen LogP contribution in [0.2, 0.25) is 0 Å². The third-order valence-electron chi connectivity index (χ3n) is 1.83. The molecule has 1 amide bonds. The first-order valence-corrected chi connectivity index (χ1v) is 4.50. The summed E-state index contributed by atoms with van der Waals surface area (Å²) in [6.07, 6.45) is 1.34. The zero-order chi connectivity index (χ0) is 11.4. The topological polar surface area (TPSA) is 72.7 Å². The average molecular weight is 221 g/mol. The van der Waals surface area contributed by atoms with Crippen LogP contribution < -0.4 is 5.32 Å². The van der Waals surface area contributed by atoms with Crippen molar-refractivity contribution in [2.75, 3.05) is 5.32 Å². The smallest absolute Gasteiger partial charge is 0.246 e. The van der Waals surface area contributed by atoms with Crippen LogP contribution in [0.3, 0.4) is 0 Å². The third-order valence-corrected chi connectivity index (χ3v) is 1.83. The van der Waals surface area contributed by atoms with E-state index in [2.05, 4.69) is 20.8 Å². The molecule has 2 rings (SSSR count). The number of rotatable bonds is 3. The molecule has 0 atom stereocenters. The lowest BCUT2D eigenvalue weighted by Crippen LogP contribution is -2.19. The van der Waals surface area contributed by atoms with E-state index in [-0.39, 0.29) is 18.3 Å². The lowest BCUT2D eigenvalue weighted by atomic mass is 10.3. The van der Waals surface area contributed by atoms with Gasteiger partial charge in [-0.1, -0.05) is 0 Å². The molecule has 1 aromatic carbocycles. The van der Waals surface area contributed by atoms with Gasteiger partial charge in [0, 0.05) is 5.69 Å². The molecule has 16 heavy (non-hydrogen) atoms. The number of amides is 1. The monoisotopic (exact) mass is 221 g/mol. The third kappa shape index (κ3) is 2.59. The maximum Gasteiger partial charge on any atom is 0.246 e. The first-order valence-electron chi connectivity index (χ1n) is 4.50. The van der Waals surface area contributed by atoms with Gasteiger partial charge in [0.25, 0.3) is 0 Å². The molecule has 0 bridgehead atoms. The molecule has 0 fully saturated rings. The van der Waals surface area contributed by atoms with Gasteiger partial charge in [-0.2, -0.15) is 0 Å². The summed E-state index contributed by atoms with van der Waals surface area (Å²) in [6, 6.07) is 5.50. The molecule has 2 aromatic rings. The van der Waals surface area contributed by atoms with E-state index in [9.17, 15) is 9.18 Å². The van der Waals surface area contributed by atoms with Gasteiger partial charge in [-0.25, -0.2) is 9.07 Å². The maximum atomic E-state index is 12.6. The van der Waals surface area contributed by atoms with Crippen LogP contribution in [-0.2, 0) is 11.3 Å². The number of nitrogens with one attached hydrogen (secondary N) is 1. The van der Waals surface area contributed by atoms with Crippen molar-refractivity contribution in [3.63, 3.8) is 0 Å². The van der Waals surface area contributed by atoms with Gasteiger partial charge in [-0.05, 0) is 34.7 Å². The fourth-order valence-corrected chi connectivity index (χ4v) is 1.13. The number of carbonyl (C=O) groups excluding carboxylic acids is 1. The number of halogens is 1. The summed E-state index contributed by atoms with van der Waals surface area (Å²) in [7, 11) is 0. The highest BCUT2D eigenvalue weighted by molar-refractivity contribution is 5.90. The standard InChI is InChI=1S/C9H8FN5O/c10-7-1-3-8(4-2-7)12-9(16)5-15-6-11-13-14-15/h1-4,6H,5H2,(H,12,16). The summed E-state index contributed by atoms with van der Waals surface area (Å²) in [5.41, 5.74) is 0.527. The van der Waals surface area contributed by atoms with Gasteiger partial charge in [0.2, 0.25) is 5.91 Å². The van der Waals surface area contributed by atoms with Gasteiger partial charge in [-0.15, -0.1) is 5.10 Å². The van der Waals surface area contributed by atoms with Gasteiger partial charge in [0.15, 0.2) is 0 Å². The van der Waals surface area contributed by atoms with E-state index in [4.69, 9.17) is 0 Å². The highest BCUT2D eigenvalue weighted by atomic mass is 19.1. The van der Waals surface area contributed by atoms with E-state index in [1.54, 1.807) is 0 Å². The molecular formula is C9H8FN5O. The second-order valence-corrected chi connectivity index (χ2v) is 3.06. The van der Waals surface area contributed by atoms with Gasteiger partial charge in [0.1, 0.15) is 18.7 Å². The minimum Gasteiger partial charge on any atom is -0.324 e. The summed E-state index contributed by atoms with van der Waals surface area (Å²) in [5.74, 6) is -0.627. The van der Waals surface area contributed by atoms with Crippen LogP contribution in [0, 0.1) is 5.82 Å². The Balaban J connectivity index is 1.95. The fraction of sp³-hybridized carbons (Fsp3) is 0.111. The van der Waals surface area contributed by atoms with Crippen molar-refractivity contribution in [2.45, 2.75) is 6.54 Å². The predicted molar refractivity (Wildman–Crippen MR) is 52.8 cm³/mol. The van der Waals surface area contributed by atoms with Crippen LogP contribution in [0.25, 0.3) is 0 Å². The molecular weight excluding hydrogens is 213 g/mol. The number of benzene rings is 1. The lowest BCUT2D eigenvalue weighted by Gasteiger charge is -2.03. The van der Waals surface area contributed by atoms with E-state index in [1.807, 2.05) is 0 Å². The van der Waals surface area contributed by atoms with Crippen molar-refractivity contribution < 1.29 is 9.18 Å². The van der Waals surface area contributed by atoms with Crippen molar-refractivity contribution in [3.8, 4) is 0 Å². The van der Waals surface area contributed by atoms with Crippen molar-refractivity contribution in [1.29, 1.82) is 0 Å². The van der Waals surface area contributed by atoms with E-state index in [1.165, 1.54) is 35.3 Å². The summed E-state index contributed by atoms with van der Waals surface area (Å²) < 4.78 is 13.9. The molecule has 0 unspecified atom stereocenters. The molecule has 0 saturated carbocycles. The molecule has 6 nitrogen and oxygen atoms in total. The van der Waals surface area contributed by atoms with Crippen LogP contribution in [0.5, 0.6) is 0 Å². The molecule has 1 N–H and O–H groups in total.